The van der Waals surface area contributed by atoms with Crippen LogP contribution in [0.1, 0.15) is 5.56 Å². The van der Waals surface area contributed by atoms with Crippen LogP contribution in [0, 0.1) is 11.3 Å². The number of fused-ring (bicyclic) bond motifs is 1. The molecule has 3 rings (SSSR count). The van der Waals surface area contributed by atoms with E-state index in [4.69, 9.17) is 4.74 Å². The fraction of sp³-hybridized carbons (Fsp3) is 0.235. The van der Waals surface area contributed by atoms with Crippen LogP contribution >= 0.6 is 0 Å². The lowest BCUT2D eigenvalue weighted by Gasteiger charge is -2.11. The first-order valence-corrected chi connectivity index (χ1v) is 7.62. The Balaban J connectivity index is 1.87. The first-order valence-electron chi connectivity index (χ1n) is 7.62. The normalized spacial score (nSPS) is 11.0. The minimum Gasteiger partial charge on any atom is -0.491 e. The van der Waals surface area contributed by atoms with Crippen LogP contribution in [0.5, 0.6) is 5.75 Å². The average molecular weight is 343 g/mol. The van der Waals surface area contributed by atoms with Crippen LogP contribution in [0.2, 0.25) is 0 Å². The third-order valence-corrected chi connectivity index (χ3v) is 3.53. The summed E-state index contributed by atoms with van der Waals surface area (Å²) in [6, 6.07) is 7.60. The maximum atomic E-state index is 12.1. The molecule has 0 aliphatic carbocycles. The lowest BCUT2D eigenvalue weighted by atomic mass is 10.1. The Kier molecular flexibility index (Phi) is 5.16. The molecule has 0 fully saturated rings. The van der Waals surface area contributed by atoms with E-state index in [1.54, 1.807) is 35.2 Å². The van der Waals surface area contributed by atoms with Crippen LogP contribution in [0.3, 0.4) is 0 Å². The number of pyridine rings is 2. The Morgan fingerprint density at radius 3 is 2.96 bits per heavy atom. The molecule has 0 unspecified atom stereocenters. The van der Waals surface area contributed by atoms with Crippen LogP contribution in [0.15, 0.2) is 43.0 Å². The van der Waals surface area contributed by atoms with Crippen molar-refractivity contribution < 1.29 is 13.5 Å². The Morgan fingerprint density at radius 2 is 2.24 bits per heavy atom. The summed E-state index contributed by atoms with van der Waals surface area (Å²) in [5.74, 6) is 0.526. The van der Waals surface area contributed by atoms with Crippen molar-refractivity contribution in [2.45, 2.75) is 6.43 Å². The van der Waals surface area contributed by atoms with E-state index < -0.39 is 6.43 Å². The Labute approximate surface area is 142 Å². The molecule has 0 bridgehead atoms. The zero-order chi connectivity index (χ0) is 17.6. The van der Waals surface area contributed by atoms with Gasteiger partial charge in [0.25, 0.3) is 6.43 Å². The lowest BCUT2D eigenvalue weighted by molar-refractivity contribution is 0.144. The summed E-state index contributed by atoms with van der Waals surface area (Å²) >= 11 is 0. The SMILES string of the molecule is N#Cc1cnn2cc(OCCNCC(F)F)cc(-c3cccnc3)c12. The number of halogens is 2. The highest BCUT2D eigenvalue weighted by molar-refractivity contribution is 5.84. The van der Waals surface area contributed by atoms with E-state index >= 15 is 0 Å². The number of aromatic nitrogens is 3. The predicted octanol–water partition coefficient (Wildman–Crippen LogP) is 2.50. The third-order valence-electron chi connectivity index (χ3n) is 3.53. The first kappa shape index (κ1) is 16.8. The zero-order valence-electron chi connectivity index (χ0n) is 13.2. The maximum absolute atomic E-state index is 12.1. The average Bonchev–Trinajstić information content (AvgIpc) is 3.04. The highest BCUT2D eigenvalue weighted by Gasteiger charge is 2.13. The molecule has 3 aromatic rings. The van der Waals surface area contributed by atoms with Crippen molar-refractivity contribution in [2.75, 3.05) is 19.7 Å². The van der Waals surface area contributed by atoms with Crippen molar-refractivity contribution in [1.82, 2.24) is 19.9 Å². The highest BCUT2D eigenvalue weighted by atomic mass is 19.3. The van der Waals surface area contributed by atoms with Gasteiger partial charge in [-0.1, -0.05) is 6.07 Å². The first-order chi connectivity index (χ1) is 12.2. The van der Waals surface area contributed by atoms with Gasteiger partial charge in [0.2, 0.25) is 0 Å². The van der Waals surface area contributed by atoms with Crippen LogP contribution < -0.4 is 10.1 Å². The molecule has 0 aromatic carbocycles. The largest absolute Gasteiger partial charge is 0.491 e. The molecule has 0 saturated carbocycles. The molecule has 3 heterocycles. The Bertz CT molecular complexity index is 889. The standard InChI is InChI=1S/C17H15F2N5O/c18-16(19)10-22-4-5-25-14-6-15(12-2-1-3-21-8-12)17-13(7-20)9-23-24(17)11-14/h1-3,6,8-9,11,16,22H,4-5,10H2. The molecule has 0 radical (unpaired) electrons. The molecular formula is C17H15F2N5O. The molecule has 25 heavy (non-hydrogen) atoms. The number of rotatable bonds is 7. The second kappa shape index (κ2) is 7.68. The second-order valence-electron chi connectivity index (χ2n) is 5.24. The van der Waals surface area contributed by atoms with Gasteiger partial charge in [-0.3, -0.25) is 4.98 Å². The van der Waals surface area contributed by atoms with E-state index in [-0.39, 0.29) is 13.2 Å². The molecule has 0 saturated heterocycles. The van der Waals surface area contributed by atoms with E-state index in [0.29, 0.717) is 23.4 Å². The molecule has 0 aliphatic rings. The predicted molar refractivity (Wildman–Crippen MR) is 87.5 cm³/mol. The molecule has 0 spiro atoms. The topological polar surface area (TPSA) is 75.2 Å². The summed E-state index contributed by atoms with van der Waals surface area (Å²) in [7, 11) is 0. The van der Waals surface area contributed by atoms with Crippen LogP contribution in [-0.4, -0.2) is 40.7 Å². The van der Waals surface area contributed by atoms with Gasteiger partial charge in [0.05, 0.1) is 30.0 Å². The third kappa shape index (κ3) is 3.89. The quantitative estimate of drug-likeness (QED) is 0.667. The van der Waals surface area contributed by atoms with Crippen molar-refractivity contribution in [1.29, 1.82) is 5.26 Å². The van der Waals surface area contributed by atoms with Crippen molar-refractivity contribution in [3.05, 3.63) is 48.5 Å². The molecule has 3 aromatic heterocycles. The number of ether oxygens (including phenoxy) is 1. The molecule has 0 aliphatic heterocycles. The van der Waals surface area contributed by atoms with E-state index in [9.17, 15) is 14.0 Å². The van der Waals surface area contributed by atoms with Gasteiger partial charge in [-0.05, 0) is 12.1 Å². The Hall–Kier alpha value is -3.05. The number of hydrogen-bond acceptors (Lipinski definition) is 5. The van der Waals surface area contributed by atoms with Gasteiger partial charge < -0.3 is 10.1 Å². The van der Waals surface area contributed by atoms with Crippen molar-refractivity contribution in [3.8, 4) is 22.9 Å². The fourth-order valence-electron chi connectivity index (χ4n) is 2.45. The summed E-state index contributed by atoms with van der Waals surface area (Å²) in [6.07, 6.45) is 4.11. The molecule has 6 nitrogen and oxygen atoms in total. The van der Waals surface area contributed by atoms with Gasteiger partial charge >= 0.3 is 0 Å². The fourth-order valence-corrected chi connectivity index (χ4v) is 2.45. The van der Waals surface area contributed by atoms with Gasteiger partial charge in [0, 0.05) is 30.1 Å². The minimum absolute atomic E-state index is 0.233. The van der Waals surface area contributed by atoms with E-state index in [1.807, 2.05) is 6.07 Å². The molecule has 1 N–H and O–H groups in total. The van der Waals surface area contributed by atoms with Crippen LogP contribution in [0.25, 0.3) is 16.6 Å². The van der Waals surface area contributed by atoms with E-state index in [1.165, 1.54) is 6.20 Å². The van der Waals surface area contributed by atoms with Crippen LogP contribution in [-0.2, 0) is 0 Å². The molecule has 0 atom stereocenters. The maximum Gasteiger partial charge on any atom is 0.250 e. The van der Waals surface area contributed by atoms with Crippen molar-refractivity contribution >= 4 is 5.52 Å². The number of alkyl halides is 2. The minimum atomic E-state index is -2.39. The molecule has 128 valence electrons. The second-order valence-corrected chi connectivity index (χ2v) is 5.24. The van der Waals surface area contributed by atoms with Gasteiger partial charge in [-0.15, -0.1) is 0 Å². The van der Waals surface area contributed by atoms with Gasteiger partial charge in [-0.25, -0.2) is 13.3 Å². The summed E-state index contributed by atoms with van der Waals surface area (Å²) in [4.78, 5) is 4.11. The number of hydrogen-bond donors (Lipinski definition) is 1. The van der Waals surface area contributed by atoms with Crippen LogP contribution in [0.4, 0.5) is 8.78 Å². The Morgan fingerprint density at radius 1 is 1.36 bits per heavy atom. The molecule has 8 heteroatoms. The summed E-state index contributed by atoms with van der Waals surface area (Å²) in [5, 5.41) is 16.1. The number of nitrogens with zero attached hydrogens (tertiary/aromatic N) is 4. The van der Waals surface area contributed by atoms with Crippen molar-refractivity contribution in [2.24, 2.45) is 0 Å². The number of nitrogens with one attached hydrogen (secondary N) is 1. The van der Waals surface area contributed by atoms with Gasteiger partial charge in [0.15, 0.2) is 0 Å². The molecular weight excluding hydrogens is 328 g/mol. The summed E-state index contributed by atoms with van der Waals surface area (Å²) in [6.45, 7) is 0.165. The summed E-state index contributed by atoms with van der Waals surface area (Å²) in [5.41, 5.74) is 2.70. The van der Waals surface area contributed by atoms with E-state index in [2.05, 4.69) is 21.5 Å². The van der Waals surface area contributed by atoms with Gasteiger partial charge in [0.1, 0.15) is 18.4 Å². The molecule has 0 amide bonds. The zero-order valence-corrected chi connectivity index (χ0v) is 13.2. The highest BCUT2D eigenvalue weighted by Crippen LogP contribution is 2.30. The van der Waals surface area contributed by atoms with E-state index in [0.717, 1.165) is 11.1 Å². The number of nitriles is 1. The van der Waals surface area contributed by atoms with Gasteiger partial charge in [-0.2, -0.15) is 10.4 Å². The lowest BCUT2D eigenvalue weighted by Crippen LogP contribution is -2.26. The summed E-state index contributed by atoms with van der Waals surface area (Å²) < 4.78 is 31.4. The smallest absolute Gasteiger partial charge is 0.250 e. The monoisotopic (exact) mass is 343 g/mol. The van der Waals surface area contributed by atoms with Crippen molar-refractivity contribution in [3.63, 3.8) is 0 Å².